The Morgan fingerprint density at radius 1 is 1.05 bits per heavy atom. The van der Waals surface area contributed by atoms with E-state index in [2.05, 4.69) is 47.0 Å². The van der Waals surface area contributed by atoms with Crippen LogP contribution in [0.3, 0.4) is 0 Å². The summed E-state index contributed by atoms with van der Waals surface area (Å²) in [5.74, 6) is 0.305. The van der Waals surface area contributed by atoms with Crippen LogP contribution in [0.15, 0.2) is 65.6 Å². The Bertz CT molecular complexity index is 2050. The third-order valence-corrected chi connectivity index (χ3v) is 13.2. The number of amides is 3. The molecule has 15 heteroatoms. The summed E-state index contributed by atoms with van der Waals surface area (Å²) >= 11 is 0. The number of fused-ring (bicyclic) bond motifs is 1. The summed E-state index contributed by atoms with van der Waals surface area (Å²) in [4.78, 5) is 46.7. The first-order chi connectivity index (χ1) is 26.0. The Balaban J connectivity index is 1.03. The van der Waals surface area contributed by atoms with Gasteiger partial charge in [0.05, 0.1) is 34.9 Å². The average Bonchev–Trinajstić information content (AvgIpc) is 3.70. The van der Waals surface area contributed by atoms with Crippen molar-refractivity contribution in [2.75, 3.05) is 5.32 Å². The van der Waals surface area contributed by atoms with E-state index in [9.17, 15) is 27.6 Å². The number of alkyl halides is 3. The summed E-state index contributed by atoms with van der Waals surface area (Å²) in [5, 5.41) is 12.1. The molecule has 3 heterocycles. The maximum Gasteiger partial charge on any atom is 0.481 e. The van der Waals surface area contributed by atoms with E-state index in [1.165, 1.54) is 22.9 Å². The van der Waals surface area contributed by atoms with Crippen LogP contribution >= 0.6 is 0 Å². The number of anilines is 1. The van der Waals surface area contributed by atoms with Crippen LogP contribution in [0.2, 0.25) is 0 Å². The number of carbonyl (C=O) groups excluding carboxylic acids is 2. The highest BCUT2D eigenvalue weighted by atomic mass is 19.4. The van der Waals surface area contributed by atoms with E-state index in [-0.39, 0.29) is 48.0 Å². The predicted molar refractivity (Wildman–Crippen MR) is 200 cm³/mol. The highest BCUT2D eigenvalue weighted by Crippen LogP contribution is 2.65. The van der Waals surface area contributed by atoms with Crippen molar-refractivity contribution in [2.24, 2.45) is 17.3 Å². The molecule has 2 unspecified atom stereocenters. The molecule has 4 N–H and O–H groups in total. The molecule has 3 amide bonds. The minimum absolute atomic E-state index is 0.00412. The molecule has 1 saturated heterocycles. The van der Waals surface area contributed by atoms with Gasteiger partial charge in [-0.05, 0) is 80.0 Å². The number of aromatic nitrogens is 2. The lowest BCUT2D eigenvalue weighted by Crippen LogP contribution is -2.65. The molecule has 1 aromatic heterocycles. The molecule has 5 fully saturated rings. The number of halogens is 3. The topological polar surface area (TPSA) is 136 Å². The van der Waals surface area contributed by atoms with Gasteiger partial charge in [-0.2, -0.15) is 13.2 Å². The van der Waals surface area contributed by atoms with Crippen LogP contribution in [0.1, 0.15) is 101 Å². The van der Waals surface area contributed by atoms with Gasteiger partial charge >= 0.3 is 19.3 Å². The van der Waals surface area contributed by atoms with Crippen LogP contribution in [0.4, 0.5) is 23.7 Å². The second-order valence-electron chi connectivity index (χ2n) is 17.1. The van der Waals surface area contributed by atoms with Gasteiger partial charge in [0.1, 0.15) is 17.6 Å². The lowest BCUT2D eigenvalue weighted by Gasteiger charge is -2.64. The summed E-state index contributed by atoms with van der Waals surface area (Å²) in [7, 11) is -0.679. The van der Waals surface area contributed by atoms with Crippen molar-refractivity contribution < 1.29 is 32.1 Å². The maximum atomic E-state index is 14.4. The fourth-order valence-electron chi connectivity index (χ4n) is 9.82. The van der Waals surface area contributed by atoms with E-state index in [1.54, 1.807) is 6.92 Å². The van der Waals surface area contributed by atoms with Crippen molar-refractivity contribution in [3.8, 4) is 0 Å². The molecular formula is C40H48BF3N6O5. The molecule has 2 aliphatic heterocycles. The minimum atomic E-state index is -4.52. The molecule has 0 spiro atoms. The monoisotopic (exact) mass is 760 g/mol. The number of benzene rings is 2. The van der Waals surface area contributed by atoms with Gasteiger partial charge in [0.25, 0.3) is 5.56 Å². The van der Waals surface area contributed by atoms with Crippen molar-refractivity contribution >= 4 is 24.7 Å². The van der Waals surface area contributed by atoms with Gasteiger partial charge in [0.2, 0.25) is 5.91 Å². The van der Waals surface area contributed by atoms with E-state index in [0.717, 1.165) is 37.0 Å². The van der Waals surface area contributed by atoms with Gasteiger partial charge in [0.15, 0.2) is 0 Å². The molecule has 4 aliphatic carbocycles. The zero-order valence-corrected chi connectivity index (χ0v) is 31.7. The average molecular weight is 761 g/mol. The molecule has 9 rings (SSSR count). The number of hydrogen-bond acceptors (Lipinski definition) is 7. The number of nitrogens with zero attached hydrogens (tertiary/aromatic N) is 2. The van der Waals surface area contributed by atoms with Crippen LogP contribution in [-0.2, 0) is 32.4 Å². The van der Waals surface area contributed by atoms with Crippen LogP contribution in [0.25, 0.3) is 0 Å². The Labute approximate surface area is 318 Å². The number of carbonyl (C=O) groups is 2. The van der Waals surface area contributed by atoms with E-state index in [1.807, 2.05) is 37.3 Å². The lowest BCUT2D eigenvalue weighted by atomic mass is 9.43. The molecule has 3 aromatic rings. The lowest BCUT2D eigenvalue weighted by molar-refractivity contribution is -0.199. The van der Waals surface area contributed by atoms with E-state index in [0.29, 0.717) is 23.8 Å². The van der Waals surface area contributed by atoms with Crippen LogP contribution in [0.5, 0.6) is 0 Å². The quantitative estimate of drug-likeness (QED) is 0.185. The summed E-state index contributed by atoms with van der Waals surface area (Å²) in [6.45, 7) is 10.3. The normalized spacial score (nSPS) is 31.7. The molecule has 55 heavy (non-hydrogen) atoms. The van der Waals surface area contributed by atoms with Crippen molar-refractivity contribution in [1.29, 1.82) is 0 Å². The van der Waals surface area contributed by atoms with E-state index < -0.39 is 59.5 Å². The van der Waals surface area contributed by atoms with Gasteiger partial charge in [-0.1, -0.05) is 63.2 Å². The number of rotatable bonds is 10. The largest absolute Gasteiger partial charge is 0.481 e. The summed E-state index contributed by atoms with van der Waals surface area (Å²) in [6, 6.07) is 13.2. The number of nitrogens with one attached hydrogen (secondary N) is 4. The Morgan fingerprint density at radius 2 is 1.82 bits per heavy atom. The number of urea groups is 1. The third-order valence-electron chi connectivity index (χ3n) is 13.2. The van der Waals surface area contributed by atoms with Gasteiger partial charge in [-0.3, -0.25) is 14.2 Å². The first-order valence-corrected chi connectivity index (χ1v) is 19.3. The Hall–Kier alpha value is -4.37. The number of hydrogen-bond donors (Lipinski definition) is 4. The minimum Gasteiger partial charge on any atom is -0.404 e. The highest BCUT2D eigenvalue weighted by Gasteiger charge is 2.68. The first kappa shape index (κ1) is 37.6. The first-order valence-electron chi connectivity index (χ1n) is 19.3. The molecule has 9 atom stereocenters. The molecule has 6 aliphatic rings. The zero-order valence-electron chi connectivity index (χ0n) is 31.7. The standard InChI is InChI=1S/C40H48BF3N6O5/c1-6-32(41-54-31-17-25-16-30(37(25,2)3)39(31,5)55-41)48-33(51)29-19-38(4,49-36(53)47-27-18-26(27)23-12-8-7-9-13-23)35-46-21-28(34(52)50(29)35)45-20-22-11-10-14-24(15-22)40(42,43)44/h7-15,21,25-27,29-32,45H,6,16-20H2,1-5H3,(H,48,51)(H2,47,49,53)/t25-,26?,27?,29-,30-,31+,32-,38+,39-/m0/s1. The van der Waals surface area contributed by atoms with Crippen molar-refractivity contribution in [2.45, 2.75) is 121 Å². The molecule has 4 saturated carbocycles. The Morgan fingerprint density at radius 3 is 2.53 bits per heavy atom. The zero-order chi connectivity index (χ0) is 39.1. The van der Waals surface area contributed by atoms with Gasteiger partial charge < -0.3 is 30.6 Å². The van der Waals surface area contributed by atoms with Crippen molar-refractivity contribution in [1.82, 2.24) is 25.5 Å². The molecule has 2 bridgehead atoms. The molecule has 11 nitrogen and oxygen atoms in total. The molecule has 2 aromatic carbocycles. The predicted octanol–water partition coefficient (Wildman–Crippen LogP) is 6.05. The molecule has 0 radical (unpaired) electrons. The SMILES string of the molecule is CC[C@H](NC(=O)[C@@H]1C[C@@](C)(NC(=O)NC2CC2c2ccccc2)c2ncc(NCc3cccc(C(F)(F)F)c3)c(=O)n21)B1O[C@@H]2C[C@@H]3C[C@@H](C3(C)C)[C@]2(C)O1. The van der Waals surface area contributed by atoms with Crippen molar-refractivity contribution in [3.63, 3.8) is 0 Å². The smallest absolute Gasteiger partial charge is 0.404 e. The fraction of sp³-hybridized carbons (Fsp3) is 0.550. The highest BCUT2D eigenvalue weighted by molar-refractivity contribution is 6.47. The summed E-state index contributed by atoms with van der Waals surface area (Å²) in [5.41, 5.74) is -1.49. The van der Waals surface area contributed by atoms with Crippen LogP contribution < -0.4 is 26.8 Å². The van der Waals surface area contributed by atoms with E-state index >= 15 is 0 Å². The van der Waals surface area contributed by atoms with Crippen LogP contribution in [0, 0.1) is 17.3 Å². The second kappa shape index (κ2) is 13.4. The Kier molecular flexibility index (Phi) is 9.14. The molecular weight excluding hydrogens is 712 g/mol. The summed E-state index contributed by atoms with van der Waals surface area (Å²) in [6.07, 6.45) is 0.00673. The fourth-order valence-corrected chi connectivity index (χ4v) is 9.82. The second-order valence-corrected chi connectivity index (χ2v) is 17.1. The van der Waals surface area contributed by atoms with Gasteiger partial charge in [-0.25, -0.2) is 9.78 Å². The van der Waals surface area contributed by atoms with Gasteiger partial charge in [0, 0.05) is 24.9 Å². The maximum absolute atomic E-state index is 14.4. The van der Waals surface area contributed by atoms with Gasteiger partial charge in [-0.15, -0.1) is 0 Å². The third kappa shape index (κ3) is 6.60. The van der Waals surface area contributed by atoms with Crippen molar-refractivity contribution in [3.05, 3.63) is 93.7 Å². The molecule has 292 valence electrons. The van der Waals surface area contributed by atoms with Crippen LogP contribution in [-0.4, -0.2) is 52.3 Å². The van der Waals surface area contributed by atoms with E-state index in [4.69, 9.17) is 9.31 Å². The summed E-state index contributed by atoms with van der Waals surface area (Å²) < 4.78 is 54.6.